The number of carbonyl (C=O) groups excluding carboxylic acids is 4. The van der Waals surface area contributed by atoms with Crippen LogP contribution in [0.15, 0.2) is 91.0 Å². The number of nitrogens with zero attached hydrogens (tertiary/aromatic N) is 1. The van der Waals surface area contributed by atoms with Gasteiger partial charge in [-0.2, -0.15) is 0 Å². The van der Waals surface area contributed by atoms with E-state index in [0.29, 0.717) is 17.2 Å². The molecule has 220 valence electrons. The number of nitrogens with one attached hydrogen (secondary N) is 1. The Kier molecular flexibility index (Phi) is 6.65. The van der Waals surface area contributed by atoms with E-state index in [2.05, 4.69) is 5.32 Å². The summed E-state index contributed by atoms with van der Waals surface area (Å²) in [6.07, 6.45) is 0. The molecule has 1 N–H and O–H groups in total. The number of ether oxygens (including phenoxy) is 3. The second kappa shape index (κ2) is 10.7. The Labute approximate surface area is 253 Å². The number of rotatable bonds is 7. The van der Waals surface area contributed by atoms with Crippen molar-refractivity contribution in [3.63, 3.8) is 0 Å². The summed E-state index contributed by atoms with van der Waals surface area (Å²) >= 11 is 0. The van der Waals surface area contributed by atoms with Crippen molar-refractivity contribution in [1.29, 1.82) is 0 Å². The highest BCUT2D eigenvalue weighted by atomic mass is 16.5. The number of para-hydroxylation sites is 1. The number of imide groups is 1. The molecule has 3 aliphatic carbocycles. The Morgan fingerprint density at radius 1 is 0.727 bits per heavy atom. The average Bonchev–Trinajstić information content (AvgIpc) is 3.33. The molecule has 4 aliphatic rings. The molecule has 1 heterocycles. The SMILES string of the molecule is COc1ccc(OC)c(NC(=O)COC(=O)c2ccccc2N2C(=O)[C@H]3C4c5ccccc5C(c5ccccc54)[C@@H]3C2=O)c1. The number of methoxy groups -OCH3 is 2. The van der Waals surface area contributed by atoms with Crippen molar-refractivity contribution in [2.45, 2.75) is 11.8 Å². The van der Waals surface area contributed by atoms with Crippen molar-refractivity contribution in [2.75, 3.05) is 31.0 Å². The Bertz CT molecular complexity index is 1740. The van der Waals surface area contributed by atoms with E-state index in [9.17, 15) is 19.2 Å². The van der Waals surface area contributed by atoms with Crippen LogP contribution in [-0.2, 0) is 19.1 Å². The van der Waals surface area contributed by atoms with Gasteiger partial charge < -0.3 is 19.5 Å². The molecule has 2 bridgehead atoms. The second-order valence-electron chi connectivity index (χ2n) is 11.0. The summed E-state index contributed by atoms with van der Waals surface area (Å²) in [7, 11) is 2.97. The lowest BCUT2D eigenvalue weighted by molar-refractivity contribution is -0.122. The molecular weight excluding hydrogens is 560 g/mol. The standard InChI is InChI=1S/C35H28N2O7/c1-42-19-15-16-27(43-2)25(17-19)36-28(38)18-44-35(41)24-13-7-8-14-26(24)37-33(39)31-29-20-9-3-4-10-21(20)30(32(31)34(37)40)23-12-6-5-11-22(23)29/h3-17,29-32H,18H2,1-2H3,(H,36,38)/t29?,30?,31-,32-/m0/s1. The van der Waals surface area contributed by atoms with Crippen LogP contribution >= 0.6 is 0 Å². The van der Waals surface area contributed by atoms with Gasteiger partial charge in [0.05, 0.1) is 43.0 Å². The van der Waals surface area contributed by atoms with E-state index in [4.69, 9.17) is 14.2 Å². The molecular formula is C35H28N2O7. The minimum absolute atomic E-state index is 0.0157. The summed E-state index contributed by atoms with van der Waals surface area (Å²) in [5.74, 6) is -2.94. The van der Waals surface area contributed by atoms with Crippen molar-refractivity contribution in [3.05, 3.63) is 119 Å². The largest absolute Gasteiger partial charge is 0.497 e. The monoisotopic (exact) mass is 588 g/mol. The summed E-state index contributed by atoms with van der Waals surface area (Å²) in [5, 5.41) is 2.65. The van der Waals surface area contributed by atoms with Crippen LogP contribution in [0.4, 0.5) is 11.4 Å². The Morgan fingerprint density at radius 2 is 1.27 bits per heavy atom. The zero-order valence-electron chi connectivity index (χ0n) is 24.0. The van der Waals surface area contributed by atoms with Gasteiger partial charge in [-0.25, -0.2) is 9.69 Å². The topological polar surface area (TPSA) is 111 Å². The van der Waals surface area contributed by atoms with E-state index in [1.807, 2.05) is 48.5 Å². The molecule has 1 aliphatic heterocycles. The molecule has 8 rings (SSSR count). The van der Waals surface area contributed by atoms with Crippen molar-refractivity contribution < 1.29 is 33.4 Å². The number of benzene rings is 4. The fourth-order valence-electron chi connectivity index (χ4n) is 7.06. The van der Waals surface area contributed by atoms with E-state index in [-0.39, 0.29) is 34.9 Å². The zero-order chi connectivity index (χ0) is 30.5. The van der Waals surface area contributed by atoms with Crippen molar-refractivity contribution in [2.24, 2.45) is 11.8 Å². The molecule has 0 spiro atoms. The fourth-order valence-corrected chi connectivity index (χ4v) is 7.06. The number of amides is 3. The van der Waals surface area contributed by atoms with Crippen molar-refractivity contribution >= 4 is 35.1 Å². The van der Waals surface area contributed by atoms with Crippen LogP contribution in [0.3, 0.4) is 0 Å². The molecule has 0 aromatic heterocycles. The van der Waals surface area contributed by atoms with E-state index >= 15 is 0 Å². The van der Waals surface area contributed by atoms with Crippen LogP contribution in [0.2, 0.25) is 0 Å². The Hall–Kier alpha value is -5.44. The van der Waals surface area contributed by atoms with Crippen LogP contribution < -0.4 is 19.7 Å². The smallest absolute Gasteiger partial charge is 0.340 e. The molecule has 0 unspecified atom stereocenters. The van der Waals surface area contributed by atoms with Gasteiger partial charge in [0.25, 0.3) is 5.91 Å². The lowest BCUT2D eigenvalue weighted by Gasteiger charge is -2.45. The van der Waals surface area contributed by atoms with Gasteiger partial charge in [-0.05, 0) is 46.5 Å². The van der Waals surface area contributed by atoms with Gasteiger partial charge in [0, 0.05) is 17.9 Å². The highest BCUT2D eigenvalue weighted by Gasteiger charge is 2.62. The molecule has 1 fully saturated rings. The number of hydrogen-bond acceptors (Lipinski definition) is 7. The van der Waals surface area contributed by atoms with Gasteiger partial charge in [0.1, 0.15) is 11.5 Å². The minimum atomic E-state index is -0.835. The van der Waals surface area contributed by atoms with Gasteiger partial charge >= 0.3 is 5.97 Å². The third-order valence-electron chi connectivity index (χ3n) is 8.83. The first kappa shape index (κ1) is 27.4. The molecule has 0 saturated carbocycles. The minimum Gasteiger partial charge on any atom is -0.497 e. The number of anilines is 2. The molecule has 44 heavy (non-hydrogen) atoms. The summed E-state index contributed by atoms with van der Waals surface area (Å²) in [4.78, 5) is 55.6. The van der Waals surface area contributed by atoms with Gasteiger partial charge in [0.15, 0.2) is 6.61 Å². The summed E-state index contributed by atoms with van der Waals surface area (Å²) in [5.41, 5.74) is 4.75. The Morgan fingerprint density at radius 3 is 1.82 bits per heavy atom. The lowest BCUT2D eigenvalue weighted by atomic mass is 9.55. The highest BCUT2D eigenvalue weighted by molar-refractivity contribution is 6.25. The maximum atomic E-state index is 14.2. The van der Waals surface area contributed by atoms with Crippen LogP contribution in [0, 0.1) is 11.8 Å². The molecule has 2 atom stereocenters. The fraction of sp³-hybridized carbons (Fsp3) is 0.200. The molecule has 1 saturated heterocycles. The average molecular weight is 589 g/mol. The van der Waals surface area contributed by atoms with Gasteiger partial charge in [0.2, 0.25) is 11.8 Å². The first-order chi connectivity index (χ1) is 21.4. The zero-order valence-corrected chi connectivity index (χ0v) is 24.0. The third kappa shape index (κ3) is 4.15. The van der Waals surface area contributed by atoms with E-state index < -0.39 is 30.3 Å². The third-order valence-corrected chi connectivity index (χ3v) is 8.83. The first-order valence-electron chi connectivity index (χ1n) is 14.3. The highest BCUT2D eigenvalue weighted by Crippen LogP contribution is 2.61. The molecule has 9 heteroatoms. The van der Waals surface area contributed by atoms with E-state index in [1.54, 1.807) is 36.4 Å². The molecule has 4 aromatic carbocycles. The molecule has 4 aromatic rings. The number of esters is 1. The number of hydrogen-bond donors (Lipinski definition) is 1. The maximum absolute atomic E-state index is 14.2. The normalized spacial score (nSPS) is 20.8. The van der Waals surface area contributed by atoms with Crippen LogP contribution in [-0.4, -0.2) is 44.5 Å². The molecule has 0 radical (unpaired) electrons. The van der Waals surface area contributed by atoms with Crippen LogP contribution in [0.1, 0.15) is 44.4 Å². The predicted molar refractivity (Wildman–Crippen MR) is 161 cm³/mol. The predicted octanol–water partition coefficient (Wildman–Crippen LogP) is 4.90. The van der Waals surface area contributed by atoms with Crippen LogP contribution in [0.5, 0.6) is 11.5 Å². The summed E-state index contributed by atoms with van der Waals surface area (Å²) in [6.45, 7) is -0.602. The van der Waals surface area contributed by atoms with Gasteiger partial charge in [-0.1, -0.05) is 60.7 Å². The quantitative estimate of drug-likeness (QED) is 0.242. The number of carbonyl (C=O) groups is 4. The summed E-state index contributed by atoms with van der Waals surface area (Å²) < 4.78 is 15.9. The van der Waals surface area contributed by atoms with E-state index in [1.165, 1.54) is 20.3 Å². The van der Waals surface area contributed by atoms with Gasteiger partial charge in [-0.15, -0.1) is 0 Å². The maximum Gasteiger partial charge on any atom is 0.340 e. The van der Waals surface area contributed by atoms with Crippen molar-refractivity contribution in [1.82, 2.24) is 0 Å². The molecule has 9 nitrogen and oxygen atoms in total. The lowest BCUT2D eigenvalue weighted by Crippen LogP contribution is -2.41. The molecule has 3 amide bonds. The summed E-state index contributed by atoms with van der Waals surface area (Å²) in [6, 6.07) is 27.2. The van der Waals surface area contributed by atoms with Crippen molar-refractivity contribution in [3.8, 4) is 11.5 Å². The Balaban J connectivity index is 1.15. The van der Waals surface area contributed by atoms with Gasteiger partial charge in [-0.3, -0.25) is 14.4 Å². The second-order valence-corrected chi connectivity index (χ2v) is 11.0. The van der Waals surface area contributed by atoms with E-state index in [0.717, 1.165) is 27.2 Å². The van der Waals surface area contributed by atoms with Crippen LogP contribution in [0.25, 0.3) is 0 Å². The first-order valence-corrected chi connectivity index (χ1v) is 14.3.